The first-order chi connectivity index (χ1) is 8.61. The van der Waals surface area contributed by atoms with Gasteiger partial charge in [0.1, 0.15) is 6.10 Å². The maximum atomic E-state index is 9.45. The summed E-state index contributed by atoms with van der Waals surface area (Å²) in [4.78, 5) is 11.9. The number of aliphatic hydroxyl groups is 1. The van der Waals surface area contributed by atoms with E-state index >= 15 is 0 Å². The second-order valence-corrected chi connectivity index (χ2v) is 4.09. The van der Waals surface area contributed by atoms with E-state index in [1.165, 1.54) is 12.6 Å². The lowest BCUT2D eigenvalue weighted by Gasteiger charge is -2.29. The van der Waals surface area contributed by atoms with Gasteiger partial charge >= 0.3 is 5.97 Å². The van der Waals surface area contributed by atoms with Gasteiger partial charge in [0.05, 0.1) is 0 Å². The van der Waals surface area contributed by atoms with Gasteiger partial charge in [-0.15, -0.1) is 0 Å². The van der Waals surface area contributed by atoms with E-state index in [0.717, 1.165) is 26.2 Å². The van der Waals surface area contributed by atoms with Gasteiger partial charge in [0.2, 0.25) is 0 Å². The molecule has 2 rings (SSSR count). The van der Waals surface area contributed by atoms with Gasteiger partial charge in [0, 0.05) is 31.9 Å². The Bertz CT molecular complexity index is 349. The fourth-order valence-electron chi connectivity index (χ4n) is 1.56. The van der Waals surface area contributed by atoms with Crippen molar-refractivity contribution in [2.75, 3.05) is 31.1 Å². The van der Waals surface area contributed by atoms with Crippen molar-refractivity contribution in [1.82, 2.24) is 5.32 Å². The van der Waals surface area contributed by atoms with Gasteiger partial charge in [-0.05, 0) is 19.1 Å². The minimum atomic E-state index is -1.23. The SMILES string of the molecule is CC(O)C(=O)O.c1ccc(N2CCNCC2)cc1. The topological polar surface area (TPSA) is 72.8 Å². The molecule has 1 heterocycles. The monoisotopic (exact) mass is 252 g/mol. The van der Waals surface area contributed by atoms with Crippen LogP contribution in [-0.4, -0.2) is 48.5 Å². The number of nitrogens with zero attached hydrogens (tertiary/aromatic N) is 1. The fraction of sp³-hybridized carbons (Fsp3) is 0.462. The maximum Gasteiger partial charge on any atom is 0.332 e. The number of hydrogen-bond acceptors (Lipinski definition) is 4. The number of para-hydroxylation sites is 1. The first-order valence-electron chi connectivity index (χ1n) is 6.03. The molecule has 0 bridgehead atoms. The molecule has 1 saturated heterocycles. The van der Waals surface area contributed by atoms with Gasteiger partial charge in [-0.2, -0.15) is 0 Å². The Kier molecular flexibility index (Phi) is 6.18. The molecule has 1 aliphatic rings. The van der Waals surface area contributed by atoms with Crippen LogP contribution in [0.1, 0.15) is 6.92 Å². The minimum absolute atomic E-state index is 1.11. The summed E-state index contributed by atoms with van der Waals surface area (Å²) in [7, 11) is 0. The van der Waals surface area contributed by atoms with Crippen molar-refractivity contribution < 1.29 is 15.0 Å². The molecule has 1 unspecified atom stereocenters. The number of benzene rings is 1. The number of rotatable bonds is 2. The first-order valence-corrected chi connectivity index (χ1v) is 6.03. The average Bonchev–Trinajstić information content (AvgIpc) is 2.41. The van der Waals surface area contributed by atoms with Crippen LogP contribution in [0.15, 0.2) is 30.3 Å². The zero-order valence-corrected chi connectivity index (χ0v) is 10.5. The molecule has 0 radical (unpaired) electrons. The molecule has 18 heavy (non-hydrogen) atoms. The Morgan fingerprint density at radius 3 is 2.22 bits per heavy atom. The number of aliphatic hydroxyl groups excluding tert-OH is 1. The Labute approximate surface area is 107 Å². The summed E-state index contributed by atoms with van der Waals surface area (Å²) in [6.07, 6.45) is -1.23. The third-order valence-electron chi connectivity index (χ3n) is 2.60. The molecule has 1 fully saturated rings. The average molecular weight is 252 g/mol. The minimum Gasteiger partial charge on any atom is -0.479 e. The maximum absolute atomic E-state index is 9.45. The van der Waals surface area contributed by atoms with E-state index in [4.69, 9.17) is 10.2 Å². The first kappa shape index (κ1) is 14.5. The summed E-state index contributed by atoms with van der Waals surface area (Å²) in [6.45, 7) is 5.67. The lowest BCUT2D eigenvalue weighted by molar-refractivity contribution is -0.145. The van der Waals surface area contributed by atoms with Gasteiger partial charge in [-0.1, -0.05) is 18.2 Å². The van der Waals surface area contributed by atoms with Gasteiger partial charge in [-0.3, -0.25) is 0 Å². The van der Waals surface area contributed by atoms with Crippen molar-refractivity contribution in [3.8, 4) is 0 Å². The van der Waals surface area contributed by atoms with E-state index < -0.39 is 12.1 Å². The Hall–Kier alpha value is -1.59. The Balaban J connectivity index is 0.000000232. The molecule has 3 N–H and O–H groups in total. The fourth-order valence-corrected chi connectivity index (χ4v) is 1.56. The van der Waals surface area contributed by atoms with E-state index in [9.17, 15) is 4.79 Å². The third kappa shape index (κ3) is 5.16. The van der Waals surface area contributed by atoms with Crippen molar-refractivity contribution in [2.24, 2.45) is 0 Å². The highest BCUT2D eigenvalue weighted by Gasteiger charge is 2.08. The second kappa shape index (κ2) is 7.68. The molecule has 5 nitrogen and oxygen atoms in total. The quantitative estimate of drug-likeness (QED) is 0.717. The molecular weight excluding hydrogens is 232 g/mol. The molecule has 0 aliphatic carbocycles. The number of carboxylic acids is 1. The number of carbonyl (C=O) groups is 1. The number of nitrogens with one attached hydrogen (secondary N) is 1. The van der Waals surface area contributed by atoms with E-state index in [-0.39, 0.29) is 0 Å². The summed E-state index contributed by atoms with van der Waals surface area (Å²) in [5.74, 6) is -1.19. The lowest BCUT2D eigenvalue weighted by Crippen LogP contribution is -2.43. The predicted octanol–water partition coefficient (Wildman–Crippen LogP) is 0.548. The zero-order valence-electron chi connectivity index (χ0n) is 10.5. The van der Waals surface area contributed by atoms with E-state index in [2.05, 4.69) is 40.5 Å². The van der Waals surface area contributed by atoms with Crippen molar-refractivity contribution in [2.45, 2.75) is 13.0 Å². The van der Waals surface area contributed by atoms with Crippen LogP contribution in [0.3, 0.4) is 0 Å². The smallest absolute Gasteiger partial charge is 0.332 e. The van der Waals surface area contributed by atoms with Crippen LogP contribution >= 0.6 is 0 Å². The van der Waals surface area contributed by atoms with Crippen LogP contribution in [-0.2, 0) is 4.79 Å². The number of carboxylic acid groups (broad SMARTS) is 1. The molecule has 1 aromatic carbocycles. The van der Waals surface area contributed by atoms with E-state index in [1.807, 2.05) is 0 Å². The number of piperazine rings is 1. The molecule has 5 heteroatoms. The molecule has 1 atom stereocenters. The Morgan fingerprint density at radius 2 is 1.78 bits per heavy atom. The summed E-state index contributed by atoms with van der Waals surface area (Å²) in [6, 6.07) is 10.6. The second-order valence-electron chi connectivity index (χ2n) is 4.09. The zero-order chi connectivity index (χ0) is 13.4. The van der Waals surface area contributed by atoms with Crippen LogP contribution < -0.4 is 10.2 Å². The van der Waals surface area contributed by atoms with Crippen molar-refractivity contribution >= 4 is 11.7 Å². The highest BCUT2D eigenvalue weighted by atomic mass is 16.4. The number of anilines is 1. The predicted molar refractivity (Wildman–Crippen MR) is 70.8 cm³/mol. The number of aliphatic carboxylic acids is 1. The Morgan fingerprint density at radius 1 is 1.28 bits per heavy atom. The van der Waals surface area contributed by atoms with Crippen LogP contribution in [0.25, 0.3) is 0 Å². The normalized spacial score (nSPS) is 16.4. The van der Waals surface area contributed by atoms with E-state index in [0.29, 0.717) is 0 Å². The van der Waals surface area contributed by atoms with Crippen LogP contribution in [0.2, 0.25) is 0 Å². The molecule has 0 spiro atoms. The molecular formula is C13H20N2O3. The lowest BCUT2D eigenvalue weighted by atomic mass is 10.2. The van der Waals surface area contributed by atoms with Gasteiger partial charge in [0.15, 0.2) is 0 Å². The molecule has 0 amide bonds. The number of hydrogen-bond donors (Lipinski definition) is 3. The largest absolute Gasteiger partial charge is 0.479 e. The van der Waals surface area contributed by atoms with Gasteiger partial charge in [0.25, 0.3) is 0 Å². The molecule has 1 aliphatic heterocycles. The standard InChI is InChI=1S/C10H14N2.C3H6O3/c1-2-4-10(5-3-1)12-8-6-11-7-9-12;1-2(4)3(5)6/h1-5,11H,6-9H2;2,4H,1H3,(H,5,6). The summed E-state index contributed by atoms with van der Waals surface area (Å²) in [5.41, 5.74) is 1.35. The van der Waals surface area contributed by atoms with Crippen LogP contribution in [0, 0.1) is 0 Å². The molecule has 1 aromatic rings. The molecule has 0 aromatic heterocycles. The van der Waals surface area contributed by atoms with Crippen LogP contribution in [0.4, 0.5) is 5.69 Å². The summed E-state index contributed by atoms with van der Waals surface area (Å²) < 4.78 is 0. The highest BCUT2D eigenvalue weighted by molar-refractivity contribution is 5.71. The van der Waals surface area contributed by atoms with Crippen molar-refractivity contribution in [1.29, 1.82) is 0 Å². The molecule has 100 valence electrons. The van der Waals surface area contributed by atoms with Crippen LogP contribution in [0.5, 0.6) is 0 Å². The van der Waals surface area contributed by atoms with E-state index in [1.54, 1.807) is 0 Å². The van der Waals surface area contributed by atoms with Gasteiger partial charge in [-0.25, -0.2) is 4.79 Å². The third-order valence-corrected chi connectivity index (χ3v) is 2.60. The van der Waals surface area contributed by atoms with Gasteiger partial charge < -0.3 is 20.4 Å². The summed E-state index contributed by atoms with van der Waals surface area (Å²) >= 11 is 0. The molecule has 0 saturated carbocycles. The summed E-state index contributed by atoms with van der Waals surface area (Å²) in [5, 5.41) is 19.1. The van der Waals surface area contributed by atoms with Crippen molar-refractivity contribution in [3.05, 3.63) is 30.3 Å². The highest BCUT2D eigenvalue weighted by Crippen LogP contribution is 2.12. The van der Waals surface area contributed by atoms with Crippen molar-refractivity contribution in [3.63, 3.8) is 0 Å².